The number of morpholine rings is 1. The van der Waals surface area contributed by atoms with Gasteiger partial charge in [0.05, 0.1) is 13.2 Å². The number of aryl methyl sites for hydroxylation is 1. The molecule has 5 nitrogen and oxygen atoms in total. The minimum atomic E-state index is 0.781. The minimum Gasteiger partial charge on any atom is -0.378 e. The van der Waals surface area contributed by atoms with Crippen LogP contribution in [0.15, 0.2) is 24.5 Å². The van der Waals surface area contributed by atoms with Crippen LogP contribution in [-0.2, 0) is 17.6 Å². The third-order valence-electron chi connectivity index (χ3n) is 4.16. The van der Waals surface area contributed by atoms with Crippen molar-refractivity contribution in [3.63, 3.8) is 0 Å². The van der Waals surface area contributed by atoms with Crippen LogP contribution in [0.4, 0.5) is 5.82 Å². The second-order valence-electron chi connectivity index (χ2n) is 5.48. The molecule has 0 amide bonds. The van der Waals surface area contributed by atoms with Crippen LogP contribution in [-0.4, -0.2) is 41.3 Å². The zero-order valence-corrected chi connectivity index (χ0v) is 12.0. The van der Waals surface area contributed by atoms with Gasteiger partial charge in [0.25, 0.3) is 0 Å². The van der Waals surface area contributed by atoms with Crippen LogP contribution >= 0.6 is 0 Å². The first-order chi connectivity index (χ1) is 10.4. The van der Waals surface area contributed by atoms with Gasteiger partial charge in [-0.15, -0.1) is 0 Å². The van der Waals surface area contributed by atoms with E-state index in [1.807, 2.05) is 12.1 Å². The van der Waals surface area contributed by atoms with Crippen molar-refractivity contribution in [3.05, 3.63) is 35.8 Å². The fourth-order valence-electron chi connectivity index (χ4n) is 3.08. The van der Waals surface area contributed by atoms with Crippen molar-refractivity contribution in [1.29, 1.82) is 0 Å². The number of fused-ring (bicyclic) bond motifs is 1. The predicted molar refractivity (Wildman–Crippen MR) is 80.3 cm³/mol. The van der Waals surface area contributed by atoms with Crippen LogP contribution in [0.1, 0.15) is 17.7 Å². The lowest BCUT2D eigenvalue weighted by Crippen LogP contribution is -2.37. The Labute approximate surface area is 124 Å². The van der Waals surface area contributed by atoms with E-state index in [0.29, 0.717) is 0 Å². The summed E-state index contributed by atoms with van der Waals surface area (Å²) in [4.78, 5) is 16.1. The highest BCUT2D eigenvalue weighted by Crippen LogP contribution is 2.31. The van der Waals surface area contributed by atoms with E-state index in [1.165, 1.54) is 17.7 Å². The first-order valence-electron chi connectivity index (χ1n) is 7.55. The molecule has 0 radical (unpaired) electrons. The Morgan fingerprint density at radius 1 is 1.00 bits per heavy atom. The molecule has 0 atom stereocenters. The second kappa shape index (κ2) is 5.41. The van der Waals surface area contributed by atoms with Crippen LogP contribution in [0, 0.1) is 0 Å². The Morgan fingerprint density at radius 3 is 2.62 bits per heavy atom. The van der Waals surface area contributed by atoms with Crippen molar-refractivity contribution in [2.75, 3.05) is 31.2 Å². The number of aromatic nitrogens is 3. The summed E-state index contributed by atoms with van der Waals surface area (Å²) in [5, 5.41) is 0. The molecule has 0 N–H and O–H groups in total. The minimum absolute atomic E-state index is 0.781. The first-order valence-corrected chi connectivity index (χ1v) is 7.55. The average molecular weight is 282 g/mol. The van der Waals surface area contributed by atoms with Gasteiger partial charge in [-0.3, -0.25) is 4.98 Å². The largest absolute Gasteiger partial charge is 0.378 e. The molecule has 2 aromatic rings. The SMILES string of the molecule is c1cc(-c2nc3c(c(N4CCOCC4)n2)CCC3)ccn1. The standard InChI is InChI=1S/C16H18N4O/c1-2-13-14(3-1)18-15(12-4-6-17-7-5-12)19-16(13)20-8-10-21-11-9-20/h4-7H,1-3,8-11H2. The molecule has 3 heterocycles. The summed E-state index contributed by atoms with van der Waals surface area (Å²) in [7, 11) is 0. The van der Waals surface area contributed by atoms with Crippen molar-refractivity contribution in [2.45, 2.75) is 19.3 Å². The van der Waals surface area contributed by atoms with Gasteiger partial charge in [-0.1, -0.05) is 0 Å². The Hall–Kier alpha value is -2.01. The van der Waals surface area contributed by atoms with E-state index in [4.69, 9.17) is 14.7 Å². The molecule has 2 aliphatic rings. The lowest BCUT2D eigenvalue weighted by molar-refractivity contribution is 0.122. The lowest BCUT2D eigenvalue weighted by Gasteiger charge is -2.29. The van der Waals surface area contributed by atoms with Gasteiger partial charge >= 0.3 is 0 Å². The third-order valence-corrected chi connectivity index (χ3v) is 4.16. The summed E-state index contributed by atoms with van der Waals surface area (Å²) in [6.45, 7) is 3.39. The molecule has 1 fully saturated rings. The Bertz CT molecular complexity index is 638. The molecular formula is C16H18N4O. The van der Waals surface area contributed by atoms with Crippen LogP contribution in [0.25, 0.3) is 11.4 Å². The van der Waals surface area contributed by atoms with E-state index in [-0.39, 0.29) is 0 Å². The average Bonchev–Trinajstić information content (AvgIpc) is 3.04. The quantitative estimate of drug-likeness (QED) is 0.841. The molecule has 5 heteroatoms. The molecule has 4 rings (SSSR count). The Kier molecular flexibility index (Phi) is 3.27. The van der Waals surface area contributed by atoms with Crippen LogP contribution in [0.3, 0.4) is 0 Å². The fraction of sp³-hybridized carbons (Fsp3) is 0.438. The summed E-state index contributed by atoms with van der Waals surface area (Å²) in [5.74, 6) is 1.94. The van der Waals surface area contributed by atoms with E-state index >= 15 is 0 Å². The highest BCUT2D eigenvalue weighted by Gasteiger charge is 2.24. The first kappa shape index (κ1) is 12.7. The van der Waals surface area contributed by atoms with Gasteiger partial charge in [0, 0.05) is 42.3 Å². The number of anilines is 1. The molecule has 1 saturated heterocycles. The zero-order valence-electron chi connectivity index (χ0n) is 12.0. The highest BCUT2D eigenvalue weighted by atomic mass is 16.5. The molecule has 2 aromatic heterocycles. The summed E-state index contributed by atoms with van der Waals surface area (Å²) >= 11 is 0. The number of rotatable bonds is 2. The van der Waals surface area contributed by atoms with Gasteiger partial charge in [0.15, 0.2) is 5.82 Å². The van der Waals surface area contributed by atoms with Crippen molar-refractivity contribution < 1.29 is 4.74 Å². The van der Waals surface area contributed by atoms with E-state index in [1.54, 1.807) is 12.4 Å². The van der Waals surface area contributed by atoms with Crippen molar-refractivity contribution in [2.24, 2.45) is 0 Å². The number of ether oxygens (including phenoxy) is 1. The maximum absolute atomic E-state index is 5.46. The molecule has 0 unspecified atom stereocenters. The van der Waals surface area contributed by atoms with Crippen LogP contribution < -0.4 is 4.90 Å². The van der Waals surface area contributed by atoms with Gasteiger partial charge in [0.2, 0.25) is 0 Å². The summed E-state index contributed by atoms with van der Waals surface area (Å²) in [6, 6.07) is 3.94. The maximum atomic E-state index is 5.46. The number of pyridine rings is 1. The van der Waals surface area contributed by atoms with Gasteiger partial charge in [0.1, 0.15) is 5.82 Å². The molecule has 1 aliphatic carbocycles. The van der Waals surface area contributed by atoms with Gasteiger partial charge in [-0.05, 0) is 31.4 Å². The molecular weight excluding hydrogens is 264 g/mol. The number of nitrogens with zero attached hydrogens (tertiary/aromatic N) is 4. The van der Waals surface area contributed by atoms with E-state index < -0.39 is 0 Å². The number of hydrogen-bond donors (Lipinski definition) is 0. The molecule has 1 aliphatic heterocycles. The Morgan fingerprint density at radius 2 is 1.81 bits per heavy atom. The van der Waals surface area contributed by atoms with Crippen molar-refractivity contribution >= 4 is 5.82 Å². The summed E-state index contributed by atoms with van der Waals surface area (Å²) < 4.78 is 5.46. The topological polar surface area (TPSA) is 51.1 Å². The molecule has 0 spiro atoms. The summed E-state index contributed by atoms with van der Waals surface area (Å²) in [6.07, 6.45) is 6.92. The molecule has 0 saturated carbocycles. The van der Waals surface area contributed by atoms with Gasteiger partial charge < -0.3 is 9.64 Å². The third kappa shape index (κ3) is 2.38. The van der Waals surface area contributed by atoms with Crippen LogP contribution in [0.2, 0.25) is 0 Å². The van der Waals surface area contributed by atoms with Gasteiger partial charge in [-0.25, -0.2) is 9.97 Å². The molecule has 0 bridgehead atoms. The van der Waals surface area contributed by atoms with E-state index in [2.05, 4.69) is 9.88 Å². The number of hydrogen-bond acceptors (Lipinski definition) is 5. The monoisotopic (exact) mass is 282 g/mol. The normalized spacial score (nSPS) is 17.8. The van der Waals surface area contributed by atoms with Crippen molar-refractivity contribution in [3.8, 4) is 11.4 Å². The Balaban J connectivity index is 1.80. The maximum Gasteiger partial charge on any atom is 0.161 e. The fourth-order valence-corrected chi connectivity index (χ4v) is 3.08. The molecule has 21 heavy (non-hydrogen) atoms. The zero-order chi connectivity index (χ0) is 14.1. The smallest absolute Gasteiger partial charge is 0.161 e. The van der Waals surface area contributed by atoms with Gasteiger partial charge in [-0.2, -0.15) is 0 Å². The lowest BCUT2D eigenvalue weighted by atomic mass is 10.2. The van der Waals surface area contributed by atoms with E-state index in [0.717, 1.165) is 56.4 Å². The van der Waals surface area contributed by atoms with Crippen LogP contribution in [0.5, 0.6) is 0 Å². The molecule has 108 valence electrons. The highest BCUT2D eigenvalue weighted by molar-refractivity contribution is 5.61. The summed E-state index contributed by atoms with van der Waals surface area (Å²) in [5.41, 5.74) is 3.60. The van der Waals surface area contributed by atoms with E-state index in [9.17, 15) is 0 Å². The second-order valence-corrected chi connectivity index (χ2v) is 5.48. The molecule has 0 aromatic carbocycles. The van der Waals surface area contributed by atoms with Crippen molar-refractivity contribution in [1.82, 2.24) is 15.0 Å². The predicted octanol–water partition coefficient (Wildman–Crippen LogP) is 1.86.